The minimum Gasteiger partial charge on any atom is -0.451 e. The molecular weight excluding hydrogens is 372 g/mol. The number of hydrogen-bond donors (Lipinski definition) is 0. The summed E-state index contributed by atoms with van der Waals surface area (Å²) in [7, 11) is 0. The van der Waals surface area contributed by atoms with Gasteiger partial charge in [0.25, 0.3) is 11.4 Å². The number of hydrogen-bond acceptors (Lipinski definition) is 7. The van der Waals surface area contributed by atoms with Crippen LogP contribution in [0.4, 0.5) is 0 Å². The first-order valence-corrected chi connectivity index (χ1v) is 9.22. The molecule has 0 saturated carbocycles. The van der Waals surface area contributed by atoms with Gasteiger partial charge in [0.15, 0.2) is 12.3 Å². The van der Waals surface area contributed by atoms with Crippen molar-refractivity contribution in [2.24, 2.45) is 0 Å². The quantitative estimate of drug-likeness (QED) is 0.466. The lowest BCUT2D eigenvalue weighted by molar-refractivity contribution is 0.0431. The molecule has 146 valence electrons. The van der Waals surface area contributed by atoms with Crippen molar-refractivity contribution in [2.45, 2.75) is 26.5 Å². The summed E-state index contributed by atoms with van der Waals surface area (Å²) in [6.07, 6.45) is 0.712. The average molecular weight is 390 g/mol. The fraction of sp³-hybridized carbons (Fsp3) is 0.190. The van der Waals surface area contributed by atoms with E-state index in [4.69, 9.17) is 9.15 Å². The first kappa shape index (κ1) is 18.5. The van der Waals surface area contributed by atoms with E-state index in [0.717, 1.165) is 5.56 Å². The van der Waals surface area contributed by atoms with Crippen LogP contribution in [0.25, 0.3) is 22.2 Å². The smallest absolute Gasteiger partial charge is 0.359 e. The van der Waals surface area contributed by atoms with E-state index in [1.165, 1.54) is 4.68 Å². The number of aromatic nitrogens is 4. The molecule has 0 spiro atoms. The third kappa shape index (κ3) is 3.77. The molecule has 8 heteroatoms. The van der Waals surface area contributed by atoms with Gasteiger partial charge in [-0.3, -0.25) is 4.79 Å². The summed E-state index contributed by atoms with van der Waals surface area (Å²) in [6.45, 7) is 2.15. The normalized spacial score (nSPS) is 10.9. The maximum atomic E-state index is 12.7. The summed E-state index contributed by atoms with van der Waals surface area (Å²) in [4.78, 5) is 25.2. The number of ether oxygens (including phenoxy) is 1. The van der Waals surface area contributed by atoms with Crippen molar-refractivity contribution >= 4 is 16.7 Å². The van der Waals surface area contributed by atoms with Gasteiger partial charge in [-0.25, -0.2) is 9.48 Å². The number of nitrogens with zero attached hydrogens (tertiary/aromatic N) is 4. The lowest BCUT2D eigenvalue weighted by Crippen LogP contribution is -2.26. The van der Waals surface area contributed by atoms with Crippen LogP contribution in [-0.2, 0) is 17.9 Å². The van der Waals surface area contributed by atoms with Crippen molar-refractivity contribution in [1.29, 1.82) is 0 Å². The second-order valence-electron chi connectivity index (χ2n) is 6.37. The second-order valence-corrected chi connectivity index (χ2v) is 6.37. The Morgan fingerprint density at radius 1 is 1.03 bits per heavy atom. The predicted molar refractivity (Wildman–Crippen MR) is 105 cm³/mol. The van der Waals surface area contributed by atoms with Gasteiger partial charge in [-0.15, -0.1) is 10.2 Å². The van der Waals surface area contributed by atoms with E-state index in [-0.39, 0.29) is 23.8 Å². The molecular formula is C21H18N4O4. The first-order valence-electron chi connectivity index (χ1n) is 9.22. The van der Waals surface area contributed by atoms with Crippen molar-refractivity contribution in [3.63, 3.8) is 0 Å². The molecule has 4 aromatic rings. The highest BCUT2D eigenvalue weighted by Crippen LogP contribution is 2.18. The van der Waals surface area contributed by atoms with Gasteiger partial charge in [-0.1, -0.05) is 43.3 Å². The van der Waals surface area contributed by atoms with Gasteiger partial charge < -0.3 is 9.15 Å². The Morgan fingerprint density at radius 3 is 2.52 bits per heavy atom. The van der Waals surface area contributed by atoms with E-state index < -0.39 is 5.97 Å². The molecule has 0 aliphatic carbocycles. The highest BCUT2D eigenvalue weighted by molar-refractivity contribution is 6.02. The van der Waals surface area contributed by atoms with Crippen molar-refractivity contribution in [3.05, 3.63) is 76.5 Å². The maximum absolute atomic E-state index is 12.7. The fourth-order valence-electron chi connectivity index (χ4n) is 2.95. The Bertz CT molecular complexity index is 1210. The Hall–Kier alpha value is -3.81. The zero-order valence-corrected chi connectivity index (χ0v) is 15.7. The van der Waals surface area contributed by atoms with Crippen LogP contribution in [-0.4, -0.2) is 25.9 Å². The molecule has 0 amide bonds. The standard InChI is InChI=1S/C21H18N4O4/c1-2-12-25-20(26)16-11-7-6-10-15(16)18(24-25)21(27)28-13-17-22-23-19(29-17)14-8-4-3-5-9-14/h3-11H,2,12-13H2,1H3. The molecule has 0 unspecified atom stereocenters. The van der Waals surface area contributed by atoms with Crippen LogP contribution in [0.15, 0.2) is 63.8 Å². The van der Waals surface area contributed by atoms with Crippen LogP contribution in [0.2, 0.25) is 0 Å². The molecule has 0 aliphatic heterocycles. The Balaban J connectivity index is 1.58. The molecule has 4 rings (SSSR count). The zero-order chi connectivity index (χ0) is 20.2. The van der Waals surface area contributed by atoms with E-state index in [1.807, 2.05) is 37.3 Å². The summed E-state index contributed by atoms with van der Waals surface area (Å²) in [6, 6.07) is 16.1. The second kappa shape index (κ2) is 8.05. The van der Waals surface area contributed by atoms with Crippen LogP contribution >= 0.6 is 0 Å². The van der Waals surface area contributed by atoms with Gasteiger partial charge in [0.2, 0.25) is 5.89 Å². The lowest BCUT2D eigenvalue weighted by atomic mass is 10.1. The molecule has 0 atom stereocenters. The first-order chi connectivity index (χ1) is 14.2. The van der Waals surface area contributed by atoms with Crippen molar-refractivity contribution in [1.82, 2.24) is 20.0 Å². The average Bonchev–Trinajstić information content (AvgIpc) is 3.24. The highest BCUT2D eigenvalue weighted by Gasteiger charge is 2.19. The number of carbonyl (C=O) groups is 1. The predicted octanol–water partition coefficient (Wildman–Crippen LogP) is 3.21. The van der Waals surface area contributed by atoms with Gasteiger partial charge in [0.05, 0.1) is 5.39 Å². The fourth-order valence-corrected chi connectivity index (χ4v) is 2.95. The van der Waals surface area contributed by atoms with Gasteiger partial charge in [-0.05, 0) is 24.6 Å². The highest BCUT2D eigenvalue weighted by atomic mass is 16.5. The van der Waals surface area contributed by atoms with Gasteiger partial charge in [0, 0.05) is 17.5 Å². The maximum Gasteiger partial charge on any atom is 0.359 e. The van der Waals surface area contributed by atoms with Crippen LogP contribution in [0.3, 0.4) is 0 Å². The topological polar surface area (TPSA) is 100 Å². The summed E-state index contributed by atoms with van der Waals surface area (Å²) < 4.78 is 12.2. The van der Waals surface area contributed by atoms with Crippen molar-refractivity contribution < 1.29 is 13.9 Å². The number of carbonyl (C=O) groups excluding carboxylic acids is 1. The summed E-state index contributed by atoms with van der Waals surface area (Å²) in [5.41, 5.74) is 0.622. The van der Waals surface area contributed by atoms with E-state index in [0.29, 0.717) is 29.6 Å². The molecule has 2 aromatic carbocycles. The van der Waals surface area contributed by atoms with Crippen molar-refractivity contribution in [3.8, 4) is 11.5 Å². The zero-order valence-electron chi connectivity index (χ0n) is 15.7. The monoisotopic (exact) mass is 390 g/mol. The third-order valence-electron chi connectivity index (χ3n) is 4.31. The number of benzene rings is 2. The number of aryl methyl sites for hydroxylation is 1. The van der Waals surface area contributed by atoms with Gasteiger partial charge in [0.1, 0.15) is 0 Å². The Morgan fingerprint density at radius 2 is 1.76 bits per heavy atom. The molecule has 0 N–H and O–H groups in total. The molecule has 0 fully saturated rings. The minimum absolute atomic E-state index is 0.0800. The largest absolute Gasteiger partial charge is 0.451 e. The molecule has 8 nitrogen and oxygen atoms in total. The van der Waals surface area contributed by atoms with E-state index >= 15 is 0 Å². The summed E-state index contributed by atoms with van der Waals surface area (Å²) in [5, 5.41) is 13.0. The summed E-state index contributed by atoms with van der Waals surface area (Å²) >= 11 is 0. The van der Waals surface area contributed by atoms with E-state index in [2.05, 4.69) is 15.3 Å². The molecule has 0 bridgehead atoms. The van der Waals surface area contributed by atoms with E-state index in [9.17, 15) is 9.59 Å². The van der Waals surface area contributed by atoms with Crippen LogP contribution in [0, 0.1) is 0 Å². The molecule has 2 heterocycles. The van der Waals surface area contributed by atoms with Crippen molar-refractivity contribution in [2.75, 3.05) is 0 Å². The molecule has 0 radical (unpaired) electrons. The lowest BCUT2D eigenvalue weighted by Gasteiger charge is -2.09. The molecule has 2 aromatic heterocycles. The molecule has 0 saturated heterocycles. The van der Waals surface area contributed by atoms with Gasteiger partial charge >= 0.3 is 5.97 Å². The molecule has 0 aliphatic rings. The van der Waals surface area contributed by atoms with Crippen LogP contribution in [0.1, 0.15) is 29.7 Å². The SMILES string of the molecule is CCCn1nc(C(=O)OCc2nnc(-c3ccccc3)o2)c2ccccc2c1=O. The Kier molecular flexibility index (Phi) is 5.15. The van der Waals surface area contributed by atoms with Crippen LogP contribution in [0.5, 0.6) is 0 Å². The minimum atomic E-state index is -0.662. The van der Waals surface area contributed by atoms with Gasteiger partial charge in [-0.2, -0.15) is 5.10 Å². The summed E-state index contributed by atoms with van der Waals surface area (Å²) in [5.74, 6) is -0.148. The van der Waals surface area contributed by atoms with E-state index in [1.54, 1.807) is 24.3 Å². The number of esters is 1. The third-order valence-corrected chi connectivity index (χ3v) is 4.31. The van der Waals surface area contributed by atoms with Crippen LogP contribution < -0.4 is 5.56 Å². The molecule has 29 heavy (non-hydrogen) atoms. The number of rotatable bonds is 6. The Labute approximate surface area is 165 Å². The number of fused-ring (bicyclic) bond motifs is 1.